The van der Waals surface area contributed by atoms with Gasteiger partial charge in [0.1, 0.15) is 5.15 Å². The van der Waals surface area contributed by atoms with Gasteiger partial charge >= 0.3 is 0 Å². The predicted molar refractivity (Wildman–Crippen MR) is 66.6 cm³/mol. The third kappa shape index (κ3) is 2.84. The highest BCUT2D eigenvalue weighted by Crippen LogP contribution is 2.17. The van der Waals surface area contributed by atoms with Gasteiger partial charge in [0.25, 0.3) is 5.56 Å². The maximum absolute atomic E-state index is 11.7. The third-order valence-electron chi connectivity index (χ3n) is 2.22. The summed E-state index contributed by atoms with van der Waals surface area (Å²) in [4.78, 5) is 19.8. The molecule has 0 bridgehead atoms. The van der Waals surface area contributed by atoms with Crippen LogP contribution < -0.4 is 5.56 Å². The largest absolute Gasteiger partial charge is 0.293 e. The molecule has 0 aliphatic carbocycles. The van der Waals surface area contributed by atoms with Gasteiger partial charge in [-0.05, 0) is 19.1 Å². The molecule has 0 N–H and O–H groups in total. The normalized spacial score (nSPS) is 10.5. The van der Waals surface area contributed by atoms with Gasteiger partial charge in [-0.2, -0.15) is 0 Å². The number of aryl methyl sites for hydroxylation is 1. The maximum Gasteiger partial charge on any atom is 0.253 e. The molecule has 0 fully saturated rings. The summed E-state index contributed by atoms with van der Waals surface area (Å²) in [5.41, 5.74) is 1.08. The molecule has 4 nitrogen and oxygen atoms in total. The summed E-state index contributed by atoms with van der Waals surface area (Å²) in [6.45, 7) is 2.02. The number of halogens is 2. The highest BCUT2D eigenvalue weighted by Gasteiger charge is 2.05. The van der Waals surface area contributed by atoms with E-state index in [4.69, 9.17) is 23.2 Å². The quantitative estimate of drug-likeness (QED) is 0.787. The molecular weight excluding hydrogens is 261 g/mol. The number of hydrogen-bond donors (Lipinski definition) is 0. The molecular formula is C11H9Cl2N3O. The Balaban J connectivity index is 2.38. The Labute approximate surface area is 108 Å². The second kappa shape index (κ2) is 4.85. The van der Waals surface area contributed by atoms with Gasteiger partial charge in [-0.1, -0.05) is 23.2 Å². The fourth-order valence-corrected chi connectivity index (χ4v) is 1.70. The maximum atomic E-state index is 11.7. The van der Waals surface area contributed by atoms with E-state index in [1.807, 2.05) is 0 Å². The molecule has 2 rings (SSSR count). The number of hydrogen-bond acceptors (Lipinski definition) is 3. The van der Waals surface area contributed by atoms with Crippen LogP contribution in [0.3, 0.4) is 0 Å². The van der Waals surface area contributed by atoms with Crippen molar-refractivity contribution in [2.75, 3.05) is 0 Å². The Morgan fingerprint density at radius 1 is 1.35 bits per heavy atom. The zero-order valence-electron chi connectivity index (χ0n) is 9.02. The lowest BCUT2D eigenvalue weighted by Crippen LogP contribution is -2.21. The molecule has 88 valence electrons. The van der Waals surface area contributed by atoms with Crippen molar-refractivity contribution in [3.05, 3.63) is 56.4 Å². The number of aromatic nitrogens is 3. The van der Waals surface area contributed by atoms with E-state index in [1.165, 1.54) is 17.0 Å². The molecule has 17 heavy (non-hydrogen) atoms. The summed E-state index contributed by atoms with van der Waals surface area (Å²) in [6, 6.07) is 4.71. The topological polar surface area (TPSA) is 47.8 Å². The molecule has 0 spiro atoms. The van der Waals surface area contributed by atoms with Crippen molar-refractivity contribution in [3.63, 3.8) is 0 Å². The second-order valence-corrected chi connectivity index (χ2v) is 4.35. The minimum Gasteiger partial charge on any atom is -0.293 e. The fourth-order valence-electron chi connectivity index (χ4n) is 1.37. The van der Waals surface area contributed by atoms with Crippen LogP contribution in [0, 0.1) is 6.92 Å². The van der Waals surface area contributed by atoms with Gasteiger partial charge < -0.3 is 0 Å². The minimum absolute atomic E-state index is 0.143. The van der Waals surface area contributed by atoms with E-state index in [-0.39, 0.29) is 12.1 Å². The van der Waals surface area contributed by atoms with Crippen molar-refractivity contribution in [2.45, 2.75) is 13.5 Å². The van der Waals surface area contributed by atoms with Crippen LogP contribution in [0.4, 0.5) is 0 Å². The molecule has 0 amide bonds. The summed E-state index contributed by atoms with van der Waals surface area (Å²) < 4.78 is 1.43. The lowest BCUT2D eigenvalue weighted by Gasteiger charge is -2.06. The Kier molecular flexibility index (Phi) is 3.45. The van der Waals surface area contributed by atoms with Gasteiger partial charge in [0.2, 0.25) is 0 Å². The summed E-state index contributed by atoms with van der Waals surface area (Å²) >= 11 is 11.7. The lowest BCUT2D eigenvalue weighted by molar-refractivity contribution is 0.714. The minimum atomic E-state index is -0.143. The smallest absolute Gasteiger partial charge is 0.253 e. The number of rotatable bonds is 2. The summed E-state index contributed by atoms with van der Waals surface area (Å²) in [6.07, 6.45) is 1.47. The Morgan fingerprint density at radius 3 is 2.82 bits per heavy atom. The molecule has 0 aromatic carbocycles. The van der Waals surface area contributed by atoms with Crippen molar-refractivity contribution in [2.24, 2.45) is 0 Å². The van der Waals surface area contributed by atoms with Gasteiger partial charge in [-0.3, -0.25) is 9.36 Å². The zero-order chi connectivity index (χ0) is 12.4. The SMILES string of the molecule is Cc1cc(=O)n(Cc2nc(Cl)ccc2Cl)cn1. The van der Waals surface area contributed by atoms with E-state index in [2.05, 4.69) is 9.97 Å². The van der Waals surface area contributed by atoms with Crippen molar-refractivity contribution >= 4 is 23.2 Å². The van der Waals surface area contributed by atoms with Crippen LogP contribution in [-0.4, -0.2) is 14.5 Å². The van der Waals surface area contributed by atoms with E-state index < -0.39 is 0 Å². The molecule has 0 saturated carbocycles. The van der Waals surface area contributed by atoms with Crippen molar-refractivity contribution in [1.82, 2.24) is 14.5 Å². The van der Waals surface area contributed by atoms with Crippen LogP contribution in [0.5, 0.6) is 0 Å². The van der Waals surface area contributed by atoms with Crippen molar-refractivity contribution < 1.29 is 0 Å². The second-order valence-electron chi connectivity index (χ2n) is 3.56. The first-order valence-corrected chi connectivity index (χ1v) is 5.66. The van der Waals surface area contributed by atoms with Gasteiger partial charge in [-0.15, -0.1) is 0 Å². The van der Waals surface area contributed by atoms with E-state index in [0.717, 1.165) is 0 Å². The molecule has 0 radical (unpaired) electrons. The van der Waals surface area contributed by atoms with Crippen LogP contribution in [0.1, 0.15) is 11.4 Å². The van der Waals surface area contributed by atoms with Gasteiger partial charge in [0, 0.05) is 11.8 Å². The van der Waals surface area contributed by atoms with Crippen LogP contribution in [-0.2, 0) is 6.54 Å². The highest BCUT2D eigenvalue weighted by molar-refractivity contribution is 6.32. The van der Waals surface area contributed by atoms with Crippen LogP contribution >= 0.6 is 23.2 Å². The van der Waals surface area contributed by atoms with Gasteiger partial charge in [0.15, 0.2) is 0 Å². The molecule has 0 saturated heterocycles. The molecule has 0 unspecified atom stereocenters. The summed E-state index contributed by atoms with van der Waals surface area (Å²) in [5.74, 6) is 0. The van der Waals surface area contributed by atoms with E-state index in [1.54, 1.807) is 19.1 Å². The first kappa shape index (κ1) is 12.1. The molecule has 6 heteroatoms. The average Bonchev–Trinajstić information content (AvgIpc) is 2.27. The van der Waals surface area contributed by atoms with Crippen LogP contribution in [0.25, 0.3) is 0 Å². The first-order chi connectivity index (χ1) is 8.06. The Bertz CT molecular complexity index is 610. The fraction of sp³-hybridized carbons (Fsp3) is 0.182. The summed E-state index contributed by atoms with van der Waals surface area (Å²) in [7, 11) is 0. The monoisotopic (exact) mass is 269 g/mol. The Hall–Kier alpha value is -1.39. The predicted octanol–water partition coefficient (Wildman–Crippen LogP) is 2.30. The molecule has 0 atom stereocenters. The van der Waals surface area contributed by atoms with E-state index in [9.17, 15) is 4.79 Å². The Morgan fingerprint density at radius 2 is 2.12 bits per heavy atom. The third-order valence-corrected chi connectivity index (χ3v) is 2.78. The molecule has 2 aromatic rings. The summed E-state index contributed by atoms with van der Waals surface area (Å²) in [5, 5.41) is 0.819. The van der Waals surface area contributed by atoms with Crippen LogP contribution in [0.2, 0.25) is 10.2 Å². The lowest BCUT2D eigenvalue weighted by atomic mass is 10.3. The number of nitrogens with zero attached hydrogens (tertiary/aromatic N) is 3. The molecule has 0 aliphatic heterocycles. The number of pyridine rings is 1. The van der Waals surface area contributed by atoms with E-state index >= 15 is 0 Å². The average molecular weight is 270 g/mol. The van der Waals surface area contributed by atoms with Crippen molar-refractivity contribution in [3.8, 4) is 0 Å². The molecule has 2 heterocycles. The standard InChI is InChI=1S/C11H9Cl2N3O/c1-7-4-11(17)16(6-14-7)5-9-8(12)2-3-10(13)15-9/h2-4,6H,5H2,1H3. The highest BCUT2D eigenvalue weighted by atomic mass is 35.5. The van der Waals surface area contributed by atoms with Crippen LogP contribution in [0.15, 0.2) is 29.3 Å². The van der Waals surface area contributed by atoms with Gasteiger partial charge in [-0.25, -0.2) is 9.97 Å². The molecule has 2 aromatic heterocycles. The van der Waals surface area contributed by atoms with Gasteiger partial charge in [0.05, 0.1) is 23.6 Å². The zero-order valence-corrected chi connectivity index (χ0v) is 10.5. The molecule has 0 aliphatic rings. The van der Waals surface area contributed by atoms with E-state index in [0.29, 0.717) is 21.6 Å². The van der Waals surface area contributed by atoms with Crippen molar-refractivity contribution in [1.29, 1.82) is 0 Å². The first-order valence-electron chi connectivity index (χ1n) is 4.90.